The molecule has 1 saturated heterocycles. The molecule has 1 fully saturated rings. The highest BCUT2D eigenvalue weighted by atomic mass is 32.2. The third kappa shape index (κ3) is 3.34. The second-order valence-corrected chi connectivity index (χ2v) is 6.64. The number of benzene rings is 1. The first kappa shape index (κ1) is 14.9. The number of hydrogen-bond donors (Lipinski definition) is 2. The summed E-state index contributed by atoms with van der Waals surface area (Å²) in [5, 5.41) is 2.68. The maximum Gasteiger partial charge on any atom is 0.236 e. The number of methoxy groups -OCH3 is 2. The molecule has 0 aliphatic carbocycles. The van der Waals surface area contributed by atoms with Gasteiger partial charge in [-0.1, -0.05) is 0 Å². The largest absolute Gasteiger partial charge is 0.497 e. The summed E-state index contributed by atoms with van der Waals surface area (Å²) in [7, 11) is -0.407. The first-order valence-corrected chi connectivity index (χ1v) is 8.06. The predicted octanol–water partition coefficient (Wildman–Crippen LogP) is 1.20. The van der Waals surface area contributed by atoms with Crippen molar-refractivity contribution in [2.75, 3.05) is 32.0 Å². The van der Waals surface area contributed by atoms with E-state index >= 15 is 0 Å². The zero-order chi connectivity index (χ0) is 14.6. The van der Waals surface area contributed by atoms with Crippen LogP contribution in [0.1, 0.15) is 12.8 Å². The van der Waals surface area contributed by atoms with Gasteiger partial charge in [0.05, 0.1) is 25.2 Å². The van der Waals surface area contributed by atoms with Gasteiger partial charge in [0.1, 0.15) is 11.5 Å². The maximum absolute atomic E-state index is 12.4. The van der Waals surface area contributed by atoms with Gasteiger partial charge in [-0.05, 0) is 31.5 Å². The van der Waals surface area contributed by atoms with Crippen LogP contribution in [0.3, 0.4) is 0 Å². The number of sulfonamides is 1. The fraction of sp³-hybridized carbons (Fsp3) is 0.538. The molecule has 1 atom stereocenters. The molecular weight excluding hydrogens is 280 g/mol. The van der Waals surface area contributed by atoms with Gasteiger partial charge in [-0.2, -0.15) is 0 Å². The normalized spacial score (nSPS) is 19.4. The fourth-order valence-corrected chi connectivity index (χ4v) is 3.66. The molecule has 20 heavy (non-hydrogen) atoms. The van der Waals surface area contributed by atoms with Crippen LogP contribution >= 0.6 is 0 Å². The molecule has 2 rings (SSSR count). The lowest BCUT2D eigenvalue weighted by atomic mass is 10.2. The Kier molecular flexibility index (Phi) is 4.72. The Morgan fingerprint density at radius 3 is 2.70 bits per heavy atom. The predicted molar refractivity (Wildman–Crippen MR) is 78.0 cm³/mol. The molecule has 1 aliphatic rings. The quantitative estimate of drug-likeness (QED) is 0.854. The van der Waals surface area contributed by atoms with Gasteiger partial charge in [-0.25, -0.2) is 8.42 Å². The van der Waals surface area contributed by atoms with Crippen molar-refractivity contribution in [3.63, 3.8) is 0 Å². The zero-order valence-corrected chi connectivity index (χ0v) is 12.5. The second-order valence-electron chi connectivity index (χ2n) is 4.68. The minimum atomic E-state index is -3.44. The van der Waals surface area contributed by atoms with E-state index < -0.39 is 15.3 Å². The molecule has 1 aliphatic heterocycles. The lowest BCUT2D eigenvalue weighted by Crippen LogP contribution is -2.41. The van der Waals surface area contributed by atoms with Crippen LogP contribution in [0.5, 0.6) is 11.5 Å². The van der Waals surface area contributed by atoms with Crippen LogP contribution in [-0.4, -0.2) is 41.0 Å². The van der Waals surface area contributed by atoms with E-state index in [9.17, 15) is 8.42 Å². The van der Waals surface area contributed by atoms with Crippen molar-refractivity contribution in [2.24, 2.45) is 0 Å². The Morgan fingerprint density at radius 2 is 2.10 bits per heavy atom. The Hall–Kier alpha value is -1.47. The number of piperidine rings is 1. The number of rotatable bonds is 5. The van der Waals surface area contributed by atoms with Crippen molar-refractivity contribution in [3.8, 4) is 11.5 Å². The summed E-state index contributed by atoms with van der Waals surface area (Å²) in [5.41, 5.74) is 0.400. The van der Waals surface area contributed by atoms with Gasteiger partial charge >= 0.3 is 0 Å². The molecule has 0 radical (unpaired) electrons. The molecule has 0 saturated carbocycles. The number of hydrogen-bond acceptors (Lipinski definition) is 5. The van der Waals surface area contributed by atoms with Crippen molar-refractivity contribution >= 4 is 15.7 Å². The minimum Gasteiger partial charge on any atom is -0.497 e. The molecule has 0 amide bonds. The highest BCUT2D eigenvalue weighted by molar-refractivity contribution is 7.93. The van der Waals surface area contributed by atoms with E-state index in [1.165, 1.54) is 14.2 Å². The molecule has 2 N–H and O–H groups in total. The van der Waals surface area contributed by atoms with E-state index in [4.69, 9.17) is 9.47 Å². The summed E-state index contributed by atoms with van der Waals surface area (Å²) >= 11 is 0. The van der Waals surface area contributed by atoms with Crippen molar-refractivity contribution in [1.29, 1.82) is 0 Å². The van der Waals surface area contributed by atoms with Gasteiger partial charge in [0, 0.05) is 12.6 Å². The average molecular weight is 300 g/mol. The van der Waals surface area contributed by atoms with Crippen LogP contribution in [0.4, 0.5) is 5.69 Å². The van der Waals surface area contributed by atoms with Crippen LogP contribution < -0.4 is 19.5 Å². The lowest BCUT2D eigenvalue weighted by molar-refractivity contribution is 0.405. The van der Waals surface area contributed by atoms with Gasteiger partial charge in [0.2, 0.25) is 10.0 Å². The Morgan fingerprint density at radius 1 is 1.30 bits per heavy atom. The second kappa shape index (κ2) is 6.32. The Balaban J connectivity index is 2.23. The van der Waals surface area contributed by atoms with Crippen LogP contribution in [0, 0.1) is 0 Å². The highest BCUT2D eigenvalue weighted by Crippen LogP contribution is 2.30. The highest BCUT2D eigenvalue weighted by Gasteiger charge is 2.28. The minimum absolute atomic E-state index is 0.400. The molecule has 7 heteroatoms. The van der Waals surface area contributed by atoms with E-state index in [-0.39, 0.29) is 0 Å². The third-order valence-electron chi connectivity index (χ3n) is 3.35. The summed E-state index contributed by atoms with van der Waals surface area (Å²) in [4.78, 5) is 0. The summed E-state index contributed by atoms with van der Waals surface area (Å²) < 4.78 is 37.7. The standard InChI is InChI=1S/C13H20N2O4S/c1-18-10-5-6-13(19-2)12(8-10)15-20(16,17)11-4-3-7-14-9-11/h5-6,8,11,14-15H,3-4,7,9H2,1-2H3. The SMILES string of the molecule is COc1ccc(OC)c(NS(=O)(=O)C2CCCNC2)c1. The van der Waals surface area contributed by atoms with E-state index in [0.29, 0.717) is 30.2 Å². The Labute approximate surface area is 119 Å². The van der Waals surface area contributed by atoms with Gasteiger partial charge < -0.3 is 14.8 Å². The van der Waals surface area contributed by atoms with E-state index in [1.807, 2.05) is 0 Å². The molecular formula is C13H20N2O4S. The lowest BCUT2D eigenvalue weighted by Gasteiger charge is -2.24. The molecule has 0 aromatic heterocycles. The smallest absolute Gasteiger partial charge is 0.236 e. The number of anilines is 1. The molecule has 6 nitrogen and oxygen atoms in total. The third-order valence-corrected chi connectivity index (χ3v) is 5.13. The molecule has 1 aromatic rings. The zero-order valence-electron chi connectivity index (χ0n) is 11.7. The summed E-state index contributed by atoms with van der Waals surface area (Å²) in [6.45, 7) is 1.34. The molecule has 1 unspecified atom stereocenters. The average Bonchev–Trinajstić information content (AvgIpc) is 2.47. The van der Waals surface area contributed by atoms with Crippen molar-refractivity contribution in [1.82, 2.24) is 5.32 Å². The maximum atomic E-state index is 12.4. The fourth-order valence-electron chi connectivity index (χ4n) is 2.22. The summed E-state index contributed by atoms with van der Waals surface area (Å²) in [6.07, 6.45) is 1.52. The van der Waals surface area contributed by atoms with Crippen LogP contribution in [0.15, 0.2) is 18.2 Å². The number of ether oxygens (including phenoxy) is 2. The first-order valence-electron chi connectivity index (χ1n) is 6.51. The van der Waals surface area contributed by atoms with Crippen molar-refractivity contribution in [2.45, 2.75) is 18.1 Å². The van der Waals surface area contributed by atoms with Gasteiger partial charge in [-0.3, -0.25) is 4.72 Å². The molecule has 0 bridgehead atoms. The van der Waals surface area contributed by atoms with Crippen LogP contribution in [0.25, 0.3) is 0 Å². The number of nitrogens with one attached hydrogen (secondary N) is 2. The summed E-state index contributed by atoms with van der Waals surface area (Å²) in [5.74, 6) is 1.04. The molecule has 1 aromatic carbocycles. The van der Waals surface area contributed by atoms with Gasteiger partial charge in [0.25, 0.3) is 0 Å². The van der Waals surface area contributed by atoms with Crippen LogP contribution in [0.2, 0.25) is 0 Å². The van der Waals surface area contributed by atoms with E-state index in [1.54, 1.807) is 18.2 Å². The summed E-state index contributed by atoms with van der Waals surface area (Å²) in [6, 6.07) is 5.02. The van der Waals surface area contributed by atoms with Gasteiger partial charge in [-0.15, -0.1) is 0 Å². The van der Waals surface area contributed by atoms with E-state index in [2.05, 4.69) is 10.0 Å². The molecule has 112 valence electrons. The molecule has 1 heterocycles. The monoisotopic (exact) mass is 300 g/mol. The first-order chi connectivity index (χ1) is 9.56. The van der Waals surface area contributed by atoms with Crippen molar-refractivity contribution < 1.29 is 17.9 Å². The van der Waals surface area contributed by atoms with Crippen LogP contribution in [-0.2, 0) is 10.0 Å². The topological polar surface area (TPSA) is 76.7 Å². The Bertz CT molecular complexity index is 553. The van der Waals surface area contributed by atoms with Gasteiger partial charge in [0.15, 0.2) is 0 Å². The van der Waals surface area contributed by atoms with Crippen molar-refractivity contribution in [3.05, 3.63) is 18.2 Å². The molecule has 0 spiro atoms. The van der Waals surface area contributed by atoms with E-state index in [0.717, 1.165) is 13.0 Å².